The maximum Gasteiger partial charge on any atom is 0.239 e. The predicted octanol–water partition coefficient (Wildman–Crippen LogP) is -0.469. The zero-order chi connectivity index (χ0) is 9.84. The van der Waals surface area contributed by atoms with Crippen molar-refractivity contribution in [3.05, 3.63) is 0 Å². The maximum absolute atomic E-state index is 11.5. The molecule has 0 aromatic carbocycles. The Morgan fingerprint density at radius 1 is 1.54 bits per heavy atom. The van der Waals surface area contributed by atoms with E-state index in [0.29, 0.717) is 0 Å². The molecule has 4 nitrogen and oxygen atoms in total. The monoisotopic (exact) mass is 186 g/mol. The van der Waals surface area contributed by atoms with Gasteiger partial charge in [0.15, 0.2) is 0 Å². The Labute approximate surface area is 79.1 Å². The summed E-state index contributed by atoms with van der Waals surface area (Å²) in [5.74, 6) is 0.184. The lowest BCUT2D eigenvalue weighted by Gasteiger charge is -2.37. The molecule has 1 saturated heterocycles. The number of hydrogen-bond donors (Lipinski definition) is 1. The van der Waals surface area contributed by atoms with E-state index in [1.54, 1.807) is 4.90 Å². The third kappa shape index (κ3) is 2.42. The number of likely N-dealkylation sites (N-methyl/N-ethyl adjacent to an activating group) is 1. The molecule has 0 spiro atoms. The van der Waals surface area contributed by atoms with Gasteiger partial charge in [0.1, 0.15) is 0 Å². The van der Waals surface area contributed by atoms with Crippen LogP contribution in [0.4, 0.5) is 0 Å². The molecule has 76 valence electrons. The average molecular weight is 186 g/mol. The molecule has 1 atom stereocenters. The third-order valence-electron chi connectivity index (χ3n) is 2.61. The summed E-state index contributed by atoms with van der Waals surface area (Å²) in [4.78, 5) is 15.4. The van der Waals surface area contributed by atoms with Gasteiger partial charge in [-0.25, -0.2) is 0 Å². The van der Waals surface area contributed by atoms with Crippen molar-refractivity contribution in [1.29, 1.82) is 0 Å². The second-order valence-corrected chi connectivity index (χ2v) is 3.55. The highest BCUT2D eigenvalue weighted by molar-refractivity contribution is 5.81. The molecule has 1 rings (SSSR count). The van der Waals surface area contributed by atoms with E-state index in [1.165, 1.54) is 0 Å². The molecule has 1 fully saturated rings. The standard InChI is InChI=1S/C9H18N2O2/c1-8-9(13)10(2)5-6-11(8)4-3-7-12/h8,12H,3-7H2,1-2H3/t8-/m1/s1. The van der Waals surface area contributed by atoms with Crippen molar-refractivity contribution >= 4 is 5.91 Å². The topological polar surface area (TPSA) is 43.8 Å². The van der Waals surface area contributed by atoms with Crippen molar-refractivity contribution in [2.24, 2.45) is 0 Å². The van der Waals surface area contributed by atoms with Gasteiger partial charge >= 0.3 is 0 Å². The minimum Gasteiger partial charge on any atom is -0.396 e. The van der Waals surface area contributed by atoms with Gasteiger partial charge in [-0.1, -0.05) is 0 Å². The Kier molecular flexibility index (Phi) is 3.69. The number of carbonyl (C=O) groups is 1. The Morgan fingerprint density at radius 3 is 2.85 bits per heavy atom. The van der Waals surface area contributed by atoms with Gasteiger partial charge in [0.05, 0.1) is 6.04 Å². The molecular weight excluding hydrogens is 168 g/mol. The molecule has 0 bridgehead atoms. The second-order valence-electron chi connectivity index (χ2n) is 3.55. The molecule has 1 aliphatic heterocycles. The summed E-state index contributed by atoms with van der Waals surface area (Å²) in [6.45, 7) is 4.66. The predicted molar refractivity (Wildman–Crippen MR) is 50.4 cm³/mol. The Hall–Kier alpha value is -0.610. The molecule has 0 radical (unpaired) electrons. The minimum absolute atomic E-state index is 0.0229. The number of nitrogens with zero attached hydrogens (tertiary/aromatic N) is 2. The van der Waals surface area contributed by atoms with Gasteiger partial charge in [-0.3, -0.25) is 9.69 Å². The SMILES string of the molecule is C[C@@H]1C(=O)N(C)CCN1CCCO. The van der Waals surface area contributed by atoms with Crippen LogP contribution < -0.4 is 0 Å². The van der Waals surface area contributed by atoms with E-state index < -0.39 is 0 Å². The zero-order valence-electron chi connectivity index (χ0n) is 8.36. The molecule has 1 N–H and O–H groups in total. The van der Waals surface area contributed by atoms with Gasteiger partial charge in [-0.2, -0.15) is 0 Å². The lowest BCUT2D eigenvalue weighted by atomic mass is 10.2. The molecule has 1 heterocycles. The quantitative estimate of drug-likeness (QED) is 0.648. The van der Waals surface area contributed by atoms with Gasteiger partial charge in [0.2, 0.25) is 5.91 Å². The normalized spacial score (nSPS) is 25.3. The van der Waals surface area contributed by atoms with Crippen molar-refractivity contribution in [2.45, 2.75) is 19.4 Å². The van der Waals surface area contributed by atoms with Crippen molar-refractivity contribution in [3.8, 4) is 0 Å². The summed E-state index contributed by atoms with van der Waals surface area (Å²) in [6.07, 6.45) is 0.751. The number of aliphatic hydroxyl groups excluding tert-OH is 1. The van der Waals surface area contributed by atoms with Crippen LogP contribution in [0.25, 0.3) is 0 Å². The van der Waals surface area contributed by atoms with Crippen LogP contribution in [-0.2, 0) is 4.79 Å². The van der Waals surface area contributed by atoms with Gasteiger partial charge in [-0.05, 0) is 13.3 Å². The lowest BCUT2D eigenvalue weighted by molar-refractivity contribution is -0.139. The van der Waals surface area contributed by atoms with Crippen molar-refractivity contribution < 1.29 is 9.90 Å². The van der Waals surface area contributed by atoms with Crippen molar-refractivity contribution in [2.75, 3.05) is 33.3 Å². The van der Waals surface area contributed by atoms with Crippen molar-refractivity contribution in [1.82, 2.24) is 9.80 Å². The molecule has 4 heteroatoms. The van der Waals surface area contributed by atoms with Crippen LogP contribution in [0.3, 0.4) is 0 Å². The molecule has 1 aliphatic rings. The summed E-state index contributed by atoms with van der Waals surface area (Å²) in [7, 11) is 1.84. The van der Waals surface area contributed by atoms with Crippen LogP contribution in [0, 0.1) is 0 Å². The second kappa shape index (κ2) is 4.58. The van der Waals surface area contributed by atoms with Crippen LogP contribution >= 0.6 is 0 Å². The highest BCUT2D eigenvalue weighted by Gasteiger charge is 2.28. The molecular formula is C9H18N2O2. The highest BCUT2D eigenvalue weighted by atomic mass is 16.3. The summed E-state index contributed by atoms with van der Waals surface area (Å²) in [5, 5.41) is 8.68. The number of hydrogen-bond acceptors (Lipinski definition) is 3. The van der Waals surface area contributed by atoms with E-state index in [-0.39, 0.29) is 18.6 Å². The summed E-state index contributed by atoms with van der Waals surface area (Å²) in [6, 6.07) is -0.0229. The van der Waals surface area contributed by atoms with Crippen molar-refractivity contribution in [3.63, 3.8) is 0 Å². The van der Waals surface area contributed by atoms with E-state index in [4.69, 9.17) is 5.11 Å². The number of rotatable bonds is 3. The molecule has 0 unspecified atom stereocenters. The Bertz CT molecular complexity index is 182. The van der Waals surface area contributed by atoms with Crippen LogP contribution in [0.15, 0.2) is 0 Å². The first-order chi connectivity index (χ1) is 6.16. The van der Waals surface area contributed by atoms with E-state index >= 15 is 0 Å². The first-order valence-corrected chi connectivity index (χ1v) is 4.76. The molecule has 0 aliphatic carbocycles. The fourth-order valence-electron chi connectivity index (χ4n) is 1.64. The van der Waals surface area contributed by atoms with Gasteiger partial charge in [-0.15, -0.1) is 0 Å². The smallest absolute Gasteiger partial charge is 0.239 e. The summed E-state index contributed by atoms with van der Waals surface area (Å²) in [5.41, 5.74) is 0. The average Bonchev–Trinajstić information content (AvgIpc) is 2.13. The molecule has 0 saturated carbocycles. The van der Waals surface area contributed by atoms with Crippen LogP contribution in [0.5, 0.6) is 0 Å². The fraction of sp³-hybridized carbons (Fsp3) is 0.889. The van der Waals surface area contributed by atoms with Crippen LogP contribution in [0.2, 0.25) is 0 Å². The summed E-state index contributed by atoms with van der Waals surface area (Å²) < 4.78 is 0. The van der Waals surface area contributed by atoms with Crippen LogP contribution in [-0.4, -0.2) is 60.1 Å². The van der Waals surface area contributed by atoms with Crippen LogP contribution in [0.1, 0.15) is 13.3 Å². The van der Waals surface area contributed by atoms with E-state index in [0.717, 1.165) is 26.1 Å². The largest absolute Gasteiger partial charge is 0.396 e. The Morgan fingerprint density at radius 2 is 2.23 bits per heavy atom. The highest BCUT2D eigenvalue weighted by Crippen LogP contribution is 2.09. The molecule has 13 heavy (non-hydrogen) atoms. The molecule has 0 aromatic rings. The van der Waals surface area contributed by atoms with E-state index in [1.807, 2.05) is 14.0 Å². The number of carbonyl (C=O) groups excluding carboxylic acids is 1. The molecule has 1 amide bonds. The number of amides is 1. The maximum atomic E-state index is 11.5. The molecule has 0 aromatic heterocycles. The lowest BCUT2D eigenvalue weighted by Crippen LogP contribution is -2.54. The minimum atomic E-state index is -0.0229. The summed E-state index contributed by atoms with van der Waals surface area (Å²) >= 11 is 0. The third-order valence-corrected chi connectivity index (χ3v) is 2.61. The zero-order valence-corrected chi connectivity index (χ0v) is 8.36. The van der Waals surface area contributed by atoms with E-state index in [9.17, 15) is 4.79 Å². The van der Waals surface area contributed by atoms with Gasteiger partial charge in [0, 0.05) is 33.3 Å². The fourth-order valence-corrected chi connectivity index (χ4v) is 1.64. The number of piperazine rings is 1. The first-order valence-electron chi connectivity index (χ1n) is 4.76. The van der Waals surface area contributed by atoms with Gasteiger partial charge in [0.25, 0.3) is 0 Å². The van der Waals surface area contributed by atoms with Gasteiger partial charge < -0.3 is 10.0 Å². The van der Waals surface area contributed by atoms with E-state index in [2.05, 4.69) is 4.90 Å². The first kappa shape index (κ1) is 10.5. The Balaban J connectivity index is 2.44. The number of aliphatic hydroxyl groups is 1.